The van der Waals surface area contributed by atoms with Crippen LogP contribution in [-0.4, -0.2) is 55.4 Å². The molecule has 1 aromatic rings. The Morgan fingerprint density at radius 3 is 2.86 bits per heavy atom. The van der Waals surface area contributed by atoms with E-state index in [2.05, 4.69) is 4.98 Å². The van der Waals surface area contributed by atoms with Gasteiger partial charge in [-0.3, -0.25) is 4.98 Å². The van der Waals surface area contributed by atoms with Crippen LogP contribution in [-0.2, 0) is 26.1 Å². The molecule has 0 N–H and O–H groups in total. The second-order valence-electron chi connectivity index (χ2n) is 6.15. The lowest BCUT2D eigenvalue weighted by Crippen LogP contribution is -2.46. The molecule has 2 saturated heterocycles. The fourth-order valence-electron chi connectivity index (χ4n) is 3.18. The molecule has 3 rings (SSSR count). The van der Waals surface area contributed by atoms with Gasteiger partial charge < -0.3 is 9.47 Å². The van der Waals surface area contributed by atoms with Crippen molar-refractivity contribution < 1.29 is 17.9 Å². The van der Waals surface area contributed by atoms with E-state index in [1.807, 2.05) is 12.1 Å². The van der Waals surface area contributed by atoms with Crippen LogP contribution in [0.4, 0.5) is 0 Å². The van der Waals surface area contributed by atoms with E-state index in [4.69, 9.17) is 9.47 Å². The second kappa shape index (κ2) is 6.23. The number of hydrogen-bond acceptors (Lipinski definition) is 5. The Morgan fingerprint density at radius 1 is 1.45 bits per heavy atom. The van der Waals surface area contributed by atoms with Crippen LogP contribution in [0.25, 0.3) is 0 Å². The SMILES string of the molecule is CS(=O)(=O)N1CCC2(CC1)C[C@@H](OCc1cccnc1)CO2. The highest BCUT2D eigenvalue weighted by Crippen LogP contribution is 2.37. The van der Waals surface area contributed by atoms with Crippen LogP contribution in [0.2, 0.25) is 0 Å². The molecular weight excluding hydrogens is 304 g/mol. The quantitative estimate of drug-likeness (QED) is 0.831. The van der Waals surface area contributed by atoms with Gasteiger partial charge in [0, 0.05) is 31.9 Å². The molecule has 122 valence electrons. The summed E-state index contributed by atoms with van der Waals surface area (Å²) in [5, 5.41) is 0. The van der Waals surface area contributed by atoms with Crippen LogP contribution < -0.4 is 0 Å². The molecule has 3 heterocycles. The highest BCUT2D eigenvalue weighted by molar-refractivity contribution is 7.88. The highest BCUT2D eigenvalue weighted by atomic mass is 32.2. The van der Waals surface area contributed by atoms with E-state index in [0.29, 0.717) is 26.3 Å². The van der Waals surface area contributed by atoms with Crippen LogP contribution in [0.1, 0.15) is 24.8 Å². The number of pyridine rings is 1. The van der Waals surface area contributed by atoms with E-state index < -0.39 is 10.0 Å². The van der Waals surface area contributed by atoms with E-state index in [-0.39, 0.29) is 11.7 Å². The van der Waals surface area contributed by atoms with Gasteiger partial charge in [0.2, 0.25) is 10.0 Å². The van der Waals surface area contributed by atoms with Crippen molar-refractivity contribution in [3.05, 3.63) is 30.1 Å². The molecule has 0 saturated carbocycles. The van der Waals surface area contributed by atoms with Crippen molar-refractivity contribution in [1.29, 1.82) is 0 Å². The van der Waals surface area contributed by atoms with Gasteiger partial charge >= 0.3 is 0 Å². The summed E-state index contributed by atoms with van der Waals surface area (Å²) in [6.45, 7) is 2.19. The summed E-state index contributed by atoms with van der Waals surface area (Å²) in [6, 6.07) is 3.88. The molecule has 6 nitrogen and oxygen atoms in total. The first-order chi connectivity index (χ1) is 10.5. The molecule has 0 radical (unpaired) electrons. The molecule has 1 spiro atoms. The van der Waals surface area contributed by atoms with Gasteiger partial charge in [-0.2, -0.15) is 0 Å². The Morgan fingerprint density at radius 2 is 2.23 bits per heavy atom. The van der Waals surface area contributed by atoms with Crippen molar-refractivity contribution in [2.24, 2.45) is 0 Å². The molecule has 2 aliphatic rings. The molecule has 0 aromatic carbocycles. The zero-order chi connectivity index (χ0) is 15.6. The fraction of sp³-hybridized carbons (Fsp3) is 0.667. The first kappa shape index (κ1) is 15.9. The minimum atomic E-state index is -3.09. The topological polar surface area (TPSA) is 68.7 Å². The molecular formula is C15H22N2O4S. The smallest absolute Gasteiger partial charge is 0.211 e. The summed E-state index contributed by atoms with van der Waals surface area (Å²) in [7, 11) is -3.09. The molecule has 1 atom stereocenters. The number of rotatable bonds is 4. The first-order valence-electron chi connectivity index (χ1n) is 7.56. The van der Waals surface area contributed by atoms with Gasteiger partial charge in [-0.1, -0.05) is 6.07 Å². The van der Waals surface area contributed by atoms with Crippen molar-refractivity contribution in [1.82, 2.24) is 9.29 Å². The summed E-state index contributed by atoms with van der Waals surface area (Å²) in [6.07, 6.45) is 7.21. The van der Waals surface area contributed by atoms with E-state index >= 15 is 0 Å². The predicted octanol–water partition coefficient (Wildman–Crippen LogP) is 1.18. The number of aromatic nitrogens is 1. The zero-order valence-electron chi connectivity index (χ0n) is 12.8. The third kappa shape index (κ3) is 3.65. The fourth-order valence-corrected chi connectivity index (χ4v) is 4.03. The average molecular weight is 326 g/mol. The summed E-state index contributed by atoms with van der Waals surface area (Å²) in [5.41, 5.74) is 0.844. The van der Waals surface area contributed by atoms with Crippen molar-refractivity contribution in [3.8, 4) is 0 Å². The lowest BCUT2D eigenvalue weighted by atomic mass is 9.89. The normalized spacial score (nSPS) is 25.6. The lowest BCUT2D eigenvalue weighted by molar-refractivity contribution is -0.0342. The molecule has 0 bridgehead atoms. The predicted molar refractivity (Wildman–Crippen MR) is 81.8 cm³/mol. The number of nitrogens with zero attached hydrogens (tertiary/aromatic N) is 2. The van der Waals surface area contributed by atoms with Gasteiger partial charge in [-0.15, -0.1) is 0 Å². The van der Waals surface area contributed by atoms with E-state index in [0.717, 1.165) is 24.8 Å². The van der Waals surface area contributed by atoms with Crippen LogP contribution in [0.15, 0.2) is 24.5 Å². The minimum absolute atomic E-state index is 0.0741. The molecule has 2 aliphatic heterocycles. The lowest BCUT2D eigenvalue weighted by Gasteiger charge is -2.37. The monoisotopic (exact) mass is 326 g/mol. The van der Waals surface area contributed by atoms with Gasteiger partial charge in [-0.05, 0) is 24.5 Å². The van der Waals surface area contributed by atoms with Crippen molar-refractivity contribution >= 4 is 10.0 Å². The maximum absolute atomic E-state index is 11.6. The van der Waals surface area contributed by atoms with Crippen molar-refractivity contribution in [2.45, 2.75) is 37.6 Å². The average Bonchev–Trinajstić information content (AvgIpc) is 2.89. The summed E-state index contributed by atoms with van der Waals surface area (Å²) >= 11 is 0. The van der Waals surface area contributed by atoms with Crippen LogP contribution in [0, 0.1) is 0 Å². The van der Waals surface area contributed by atoms with Gasteiger partial charge in [0.25, 0.3) is 0 Å². The Balaban J connectivity index is 1.50. The number of piperidine rings is 1. The minimum Gasteiger partial charge on any atom is -0.372 e. The Labute approximate surface area is 131 Å². The summed E-state index contributed by atoms with van der Waals surface area (Å²) in [5.74, 6) is 0. The van der Waals surface area contributed by atoms with Crippen LogP contribution in [0.5, 0.6) is 0 Å². The number of sulfonamides is 1. The Hall–Kier alpha value is -1.02. The molecule has 1 aromatic heterocycles. The Kier molecular flexibility index (Phi) is 4.49. The molecule has 2 fully saturated rings. The largest absolute Gasteiger partial charge is 0.372 e. The van der Waals surface area contributed by atoms with Gasteiger partial charge in [0.1, 0.15) is 0 Å². The van der Waals surface area contributed by atoms with E-state index in [1.165, 1.54) is 10.6 Å². The van der Waals surface area contributed by atoms with Gasteiger partial charge in [-0.25, -0.2) is 12.7 Å². The van der Waals surface area contributed by atoms with E-state index in [1.54, 1.807) is 12.4 Å². The maximum Gasteiger partial charge on any atom is 0.211 e. The third-order valence-electron chi connectivity index (χ3n) is 4.49. The Bertz CT molecular complexity index is 597. The number of ether oxygens (including phenoxy) is 2. The maximum atomic E-state index is 11.6. The second-order valence-corrected chi connectivity index (χ2v) is 8.14. The molecule has 22 heavy (non-hydrogen) atoms. The van der Waals surface area contributed by atoms with Crippen molar-refractivity contribution in [3.63, 3.8) is 0 Å². The van der Waals surface area contributed by atoms with Gasteiger partial charge in [0.15, 0.2) is 0 Å². The third-order valence-corrected chi connectivity index (χ3v) is 5.79. The highest BCUT2D eigenvalue weighted by Gasteiger charge is 2.44. The van der Waals surface area contributed by atoms with Crippen molar-refractivity contribution in [2.75, 3.05) is 26.0 Å². The van der Waals surface area contributed by atoms with Gasteiger partial charge in [0.05, 0.1) is 31.2 Å². The van der Waals surface area contributed by atoms with Crippen LogP contribution in [0.3, 0.4) is 0 Å². The number of hydrogen-bond donors (Lipinski definition) is 0. The molecule has 0 amide bonds. The standard InChI is InChI=1S/C15H22N2O4S/c1-22(18,19)17-7-4-15(5-8-17)9-14(12-21-15)20-11-13-3-2-6-16-10-13/h2-3,6,10,14H,4-5,7-9,11-12H2,1H3/t14-/m1/s1. The zero-order valence-corrected chi connectivity index (χ0v) is 13.6. The summed E-state index contributed by atoms with van der Waals surface area (Å²) < 4.78 is 36.6. The summed E-state index contributed by atoms with van der Waals surface area (Å²) in [4.78, 5) is 4.07. The first-order valence-corrected chi connectivity index (χ1v) is 9.41. The van der Waals surface area contributed by atoms with E-state index in [9.17, 15) is 8.42 Å². The van der Waals surface area contributed by atoms with Crippen LogP contribution >= 0.6 is 0 Å². The molecule has 0 unspecified atom stereocenters. The molecule has 7 heteroatoms. The molecule has 0 aliphatic carbocycles.